The van der Waals surface area contributed by atoms with E-state index in [1.54, 1.807) is 37.6 Å². The van der Waals surface area contributed by atoms with Crippen LogP contribution in [0.5, 0.6) is 11.5 Å². The Morgan fingerprint density at radius 1 is 1.05 bits per heavy atom. The molecule has 0 aliphatic rings. The van der Waals surface area contributed by atoms with Crippen LogP contribution in [0.1, 0.15) is 37.7 Å². The average Bonchev–Trinajstić information content (AvgIpc) is 2.84. The Balaban J connectivity index is 1.70. The van der Waals surface area contributed by atoms with E-state index in [0.717, 1.165) is 10.0 Å². The summed E-state index contributed by atoms with van der Waals surface area (Å²) in [4.78, 5) is 18.1. The fourth-order valence-corrected chi connectivity index (χ4v) is 4.86. The van der Waals surface area contributed by atoms with E-state index in [9.17, 15) is 4.79 Å². The zero-order valence-electron chi connectivity index (χ0n) is 20.5. The Hall–Kier alpha value is -2.39. The third-order valence-corrected chi connectivity index (χ3v) is 7.24. The van der Waals surface area contributed by atoms with Gasteiger partial charge in [-0.1, -0.05) is 66.0 Å². The molecule has 1 heterocycles. The number of hydrogen-bond acceptors (Lipinski definition) is 5. The second kappa shape index (κ2) is 11.2. The first kappa shape index (κ1) is 27.6. The van der Waals surface area contributed by atoms with Gasteiger partial charge in [0, 0.05) is 9.89 Å². The Morgan fingerprint density at radius 3 is 2.49 bits per heavy atom. The molecule has 0 aliphatic heterocycles. The zero-order chi connectivity index (χ0) is 26.9. The van der Waals surface area contributed by atoms with Crippen molar-refractivity contribution in [2.75, 3.05) is 7.11 Å². The molecule has 0 amide bonds. The number of fused-ring (bicyclic) bond motifs is 1. The summed E-state index contributed by atoms with van der Waals surface area (Å²) in [6, 6.07) is 14.4. The van der Waals surface area contributed by atoms with Crippen LogP contribution in [0.15, 0.2) is 67.4 Å². The molecule has 3 aromatic carbocycles. The van der Waals surface area contributed by atoms with Gasteiger partial charge >= 0.3 is 0 Å². The second-order valence-corrected chi connectivity index (χ2v) is 11.9. The van der Waals surface area contributed by atoms with Crippen molar-refractivity contribution in [2.24, 2.45) is 5.10 Å². The highest BCUT2D eigenvalue weighted by Crippen LogP contribution is 2.37. The molecule has 0 aliphatic carbocycles. The highest BCUT2D eigenvalue weighted by Gasteiger charge is 2.23. The molecule has 37 heavy (non-hydrogen) atoms. The molecule has 0 atom stereocenters. The lowest BCUT2D eigenvalue weighted by Gasteiger charge is -2.21. The highest BCUT2D eigenvalue weighted by molar-refractivity contribution is 9.10. The van der Waals surface area contributed by atoms with Gasteiger partial charge in [0.1, 0.15) is 12.4 Å². The van der Waals surface area contributed by atoms with E-state index in [0.29, 0.717) is 48.3 Å². The normalized spacial score (nSPS) is 11.9. The van der Waals surface area contributed by atoms with Crippen molar-refractivity contribution < 1.29 is 9.47 Å². The van der Waals surface area contributed by atoms with Gasteiger partial charge in [0.2, 0.25) is 0 Å². The van der Waals surface area contributed by atoms with Crippen molar-refractivity contribution in [1.29, 1.82) is 0 Å². The summed E-state index contributed by atoms with van der Waals surface area (Å²) in [5.41, 5.74) is 1.51. The highest BCUT2D eigenvalue weighted by atomic mass is 79.9. The van der Waals surface area contributed by atoms with E-state index in [1.807, 2.05) is 45.0 Å². The van der Waals surface area contributed by atoms with E-state index in [1.165, 1.54) is 4.68 Å². The number of methoxy groups -OCH3 is 1. The van der Waals surface area contributed by atoms with Crippen LogP contribution in [0.3, 0.4) is 0 Å². The van der Waals surface area contributed by atoms with Gasteiger partial charge in [-0.3, -0.25) is 4.79 Å². The Kier molecular flexibility index (Phi) is 8.33. The molecule has 10 heteroatoms. The smallest absolute Gasteiger partial charge is 0.282 e. The molecule has 6 nitrogen and oxygen atoms in total. The SMILES string of the molecule is COc1cc(C=Nn2c(C(C)(C)C)nc3ccc(Br)cc3c2=O)cc(Br)c1OCc1ccc(Cl)c(Cl)c1. The summed E-state index contributed by atoms with van der Waals surface area (Å²) in [6.07, 6.45) is 1.60. The minimum atomic E-state index is -0.418. The van der Waals surface area contributed by atoms with Gasteiger partial charge in [-0.15, -0.1) is 0 Å². The Morgan fingerprint density at radius 2 is 1.81 bits per heavy atom. The van der Waals surface area contributed by atoms with Gasteiger partial charge in [0.05, 0.1) is 38.7 Å². The maximum atomic E-state index is 13.4. The molecule has 4 rings (SSSR count). The summed E-state index contributed by atoms with van der Waals surface area (Å²) >= 11 is 19.1. The maximum absolute atomic E-state index is 13.4. The minimum absolute atomic E-state index is 0.250. The summed E-state index contributed by atoms with van der Waals surface area (Å²) in [5, 5.41) is 5.95. The molecule has 0 radical (unpaired) electrons. The summed E-state index contributed by atoms with van der Waals surface area (Å²) in [7, 11) is 1.56. The number of nitrogens with zero attached hydrogens (tertiary/aromatic N) is 3. The van der Waals surface area contributed by atoms with Crippen LogP contribution in [0.2, 0.25) is 10.0 Å². The largest absolute Gasteiger partial charge is 0.493 e. The quantitative estimate of drug-likeness (QED) is 0.196. The molecule has 192 valence electrons. The number of ether oxygens (including phenoxy) is 2. The van der Waals surface area contributed by atoms with Crippen molar-refractivity contribution in [1.82, 2.24) is 9.66 Å². The number of hydrogen-bond donors (Lipinski definition) is 0. The molecule has 0 saturated carbocycles. The van der Waals surface area contributed by atoms with Crippen molar-refractivity contribution in [3.8, 4) is 11.5 Å². The van der Waals surface area contributed by atoms with Crippen molar-refractivity contribution in [2.45, 2.75) is 32.8 Å². The Bertz CT molecular complexity index is 1580. The number of rotatable bonds is 6. The first-order valence-electron chi connectivity index (χ1n) is 11.2. The van der Waals surface area contributed by atoms with Gasteiger partial charge < -0.3 is 9.47 Å². The van der Waals surface area contributed by atoms with E-state index in [-0.39, 0.29) is 12.2 Å². The molecule has 0 bridgehead atoms. The van der Waals surface area contributed by atoms with Crippen LogP contribution in [0.4, 0.5) is 0 Å². The molecule has 1 aromatic heterocycles. The Labute approximate surface area is 241 Å². The third kappa shape index (κ3) is 6.20. The molecule has 0 spiro atoms. The van der Waals surface area contributed by atoms with Crippen LogP contribution >= 0.6 is 55.1 Å². The van der Waals surface area contributed by atoms with Crippen molar-refractivity contribution in [3.63, 3.8) is 0 Å². The molecule has 4 aromatic rings. The van der Waals surface area contributed by atoms with Crippen LogP contribution < -0.4 is 15.0 Å². The first-order chi connectivity index (χ1) is 17.5. The topological polar surface area (TPSA) is 65.7 Å². The zero-order valence-corrected chi connectivity index (χ0v) is 25.2. The molecular formula is C27H23Br2Cl2N3O3. The fourth-order valence-electron chi connectivity index (χ4n) is 3.61. The molecule has 0 saturated heterocycles. The van der Waals surface area contributed by atoms with Gasteiger partial charge in [-0.2, -0.15) is 9.78 Å². The van der Waals surface area contributed by atoms with E-state index in [4.69, 9.17) is 37.7 Å². The predicted octanol–water partition coefficient (Wildman–Crippen LogP) is 8.00. The molecule has 0 unspecified atom stereocenters. The van der Waals surface area contributed by atoms with Gasteiger partial charge in [0.15, 0.2) is 11.5 Å². The molecular weight excluding hydrogens is 645 g/mol. The fraction of sp³-hybridized carbons (Fsp3) is 0.222. The maximum Gasteiger partial charge on any atom is 0.282 e. The van der Waals surface area contributed by atoms with Crippen LogP contribution in [-0.2, 0) is 12.0 Å². The number of halogens is 4. The van der Waals surface area contributed by atoms with Gasteiger partial charge in [-0.25, -0.2) is 4.98 Å². The number of benzene rings is 3. The summed E-state index contributed by atoms with van der Waals surface area (Å²) in [6.45, 7) is 6.24. The van der Waals surface area contributed by atoms with E-state index < -0.39 is 5.41 Å². The summed E-state index contributed by atoms with van der Waals surface area (Å²) in [5.74, 6) is 1.58. The lowest BCUT2D eigenvalue weighted by Crippen LogP contribution is -2.29. The van der Waals surface area contributed by atoms with Crippen molar-refractivity contribution >= 4 is 72.2 Å². The third-order valence-electron chi connectivity index (χ3n) is 5.42. The van der Waals surface area contributed by atoms with E-state index >= 15 is 0 Å². The molecule has 0 fully saturated rings. The summed E-state index contributed by atoms with van der Waals surface area (Å²) < 4.78 is 14.4. The molecule has 0 N–H and O–H groups in total. The van der Waals surface area contributed by atoms with E-state index in [2.05, 4.69) is 37.0 Å². The standard InChI is InChI=1S/C27H23Br2Cl2N3O3/c1-27(2,3)26-33-22-8-6-17(28)12-18(22)25(35)34(26)32-13-16-9-19(29)24(23(11-16)36-4)37-14-15-5-7-20(30)21(31)10-15/h5-13H,14H2,1-4H3. The van der Waals surface area contributed by atoms with Crippen LogP contribution in [-0.4, -0.2) is 23.0 Å². The first-order valence-corrected chi connectivity index (χ1v) is 13.5. The monoisotopic (exact) mass is 665 g/mol. The average molecular weight is 668 g/mol. The van der Waals surface area contributed by atoms with Crippen LogP contribution in [0.25, 0.3) is 10.9 Å². The number of aromatic nitrogens is 2. The second-order valence-electron chi connectivity index (χ2n) is 9.28. The lowest BCUT2D eigenvalue weighted by atomic mass is 9.95. The van der Waals surface area contributed by atoms with Crippen LogP contribution in [0, 0.1) is 0 Å². The van der Waals surface area contributed by atoms with Gasteiger partial charge in [0.25, 0.3) is 5.56 Å². The van der Waals surface area contributed by atoms with Crippen molar-refractivity contribution in [3.05, 3.63) is 94.8 Å². The predicted molar refractivity (Wildman–Crippen MR) is 157 cm³/mol. The minimum Gasteiger partial charge on any atom is -0.493 e. The van der Waals surface area contributed by atoms with Gasteiger partial charge in [-0.05, 0) is 69.5 Å². The lowest BCUT2D eigenvalue weighted by molar-refractivity contribution is 0.282.